The number of nitrogens with one attached hydrogen (secondary N) is 1. The summed E-state index contributed by atoms with van der Waals surface area (Å²) in [6.07, 6.45) is 3.21. The van der Waals surface area contributed by atoms with Crippen molar-refractivity contribution >= 4 is 41.6 Å². The molecule has 1 heterocycles. The van der Waals surface area contributed by atoms with E-state index in [1.54, 1.807) is 12.3 Å². The van der Waals surface area contributed by atoms with E-state index in [0.29, 0.717) is 5.56 Å². The first kappa shape index (κ1) is 18.9. The molecule has 0 saturated heterocycles. The van der Waals surface area contributed by atoms with Gasteiger partial charge in [0.1, 0.15) is 6.04 Å². The van der Waals surface area contributed by atoms with Crippen LogP contribution in [0.25, 0.3) is 10.9 Å². The van der Waals surface area contributed by atoms with E-state index in [1.165, 1.54) is 6.20 Å². The molecular formula is C18H21N3O3S. The minimum Gasteiger partial charge on any atom is -0.480 e. The SMILES string of the molecule is CC(C)(C)/N=C\c1ccc2ncc(C(=O)NC(CS)C(=O)O)cc2c1. The molecule has 6 nitrogen and oxygen atoms in total. The van der Waals surface area contributed by atoms with Crippen molar-refractivity contribution in [2.45, 2.75) is 32.4 Å². The summed E-state index contributed by atoms with van der Waals surface area (Å²) in [4.78, 5) is 32.0. The third kappa shape index (κ3) is 5.29. The fraction of sp³-hybridized carbons (Fsp3) is 0.333. The van der Waals surface area contributed by atoms with Crippen LogP contribution in [0, 0.1) is 0 Å². The first-order valence-corrected chi connectivity index (χ1v) is 8.42. The van der Waals surface area contributed by atoms with Crippen LogP contribution in [0.2, 0.25) is 0 Å². The van der Waals surface area contributed by atoms with E-state index < -0.39 is 17.9 Å². The highest BCUT2D eigenvalue weighted by Gasteiger charge is 2.19. The smallest absolute Gasteiger partial charge is 0.327 e. The summed E-state index contributed by atoms with van der Waals surface area (Å²) < 4.78 is 0. The van der Waals surface area contributed by atoms with Gasteiger partial charge in [-0.3, -0.25) is 14.8 Å². The number of hydrogen-bond acceptors (Lipinski definition) is 5. The number of carboxylic acids is 1. The largest absolute Gasteiger partial charge is 0.480 e. The summed E-state index contributed by atoms with van der Waals surface area (Å²) in [7, 11) is 0. The molecule has 1 aromatic carbocycles. The van der Waals surface area contributed by atoms with Crippen LogP contribution >= 0.6 is 12.6 Å². The summed E-state index contributed by atoms with van der Waals surface area (Å²) in [6.45, 7) is 6.03. The van der Waals surface area contributed by atoms with E-state index in [4.69, 9.17) is 5.11 Å². The van der Waals surface area contributed by atoms with Crippen molar-refractivity contribution in [3.8, 4) is 0 Å². The van der Waals surface area contributed by atoms with Gasteiger partial charge < -0.3 is 10.4 Å². The van der Waals surface area contributed by atoms with Gasteiger partial charge in [0, 0.05) is 23.6 Å². The molecule has 0 radical (unpaired) electrons. The van der Waals surface area contributed by atoms with Crippen LogP contribution in [0.1, 0.15) is 36.7 Å². The maximum atomic E-state index is 12.2. The van der Waals surface area contributed by atoms with Gasteiger partial charge in [0.15, 0.2) is 0 Å². The second-order valence-corrected chi connectivity index (χ2v) is 7.02. The van der Waals surface area contributed by atoms with Crippen LogP contribution in [0.4, 0.5) is 0 Å². The summed E-state index contributed by atoms with van der Waals surface area (Å²) in [5.74, 6) is -1.61. The molecule has 0 aliphatic carbocycles. The van der Waals surface area contributed by atoms with E-state index in [-0.39, 0.29) is 11.3 Å². The molecule has 7 heteroatoms. The molecule has 25 heavy (non-hydrogen) atoms. The number of fused-ring (bicyclic) bond motifs is 1. The maximum Gasteiger partial charge on any atom is 0.327 e. The monoisotopic (exact) mass is 359 g/mol. The molecule has 2 rings (SSSR count). The van der Waals surface area contributed by atoms with Crippen molar-refractivity contribution < 1.29 is 14.7 Å². The van der Waals surface area contributed by atoms with Gasteiger partial charge >= 0.3 is 5.97 Å². The normalized spacial score (nSPS) is 13.1. The molecule has 0 spiro atoms. The number of amides is 1. The number of aliphatic imine (C=N–C) groups is 1. The Morgan fingerprint density at radius 1 is 1.36 bits per heavy atom. The minimum atomic E-state index is -1.13. The Hall–Kier alpha value is -2.41. The van der Waals surface area contributed by atoms with Gasteiger partial charge in [0.2, 0.25) is 0 Å². The number of aliphatic carboxylic acids is 1. The van der Waals surface area contributed by atoms with E-state index >= 15 is 0 Å². The Bertz CT molecular complexity index is 828. The van der Waals surface area contributed by atoms with Crippen molar-refractivity contribution in [3.05, 3.63) is 41.6 Å². The molecule has 0 aliphatic rings. The molecule has 0 saturated carbocycles. The van der Waals surface area contributed by atoms with Crippen LogP contribution in [0.5, 0.6) is 0 Å². The number of pyridine rings is 1. The second kappa shape index (κ2) is 7.65. The first-order valence-electron chi connectivity index (χ1n) is 7.79. The van der Waals surface area contributed by atoms with Crippen molar-refractivity contribution in [3.63, 3.8) is 0 Å². The lowest BCUT2D eigenvalue weighted by Crippen LogP contribution is -2.42. The lowest BCUT2D eigenvalue weighted by atomic mass is 10.1. The average molecular weight is 359 g/mol. The highest BCUT2D eigenvalue weighted by molar-refractivity contribution is 7.80. The zero-order valence-corrected chi connectivity index (χ0v) is 15.2. The number of benzene rings is 1. The zero-order valence-electron chi connectivity index (χ0n) is 14.4. The Morgan fingerprint density at radius 3 is 2.68 bits per heavy atom. The number of carbonyl (C=O) groups excluding carboxylic acids is 1. The van der Waals surface area contributed by atoms with Crippen molar-refractivity contribution in [1.29, 1.82) is 0 Å². The van der Waals surface area contributed by atoms with Crippen molar-refractivity contribution in [2.24, 2.45) is 4.99 Å². The summed E-state index contributed by atoms with van der Waals surface area (Å²) in [6, 6.07) is 6.29. The van der Waals surface area contributed by atoms with Gasteiger partial charge in [-0.05, 0) is 44.5 Å². The predicted molar refractivity (Wildman–Crippen MR) is 102 cm³/mol. The zero-order chi connectivity index (χ0) is 18.6. The van der Waals surface area contributed by atoms with Crippen LogP contribution in [-0.4, -0.2) is 45.5 Å². The number of thiol groups is 1. The van der Waals surface area contributed by atoms with Gasteiger partial charge in [-0.2, -0.15) is 12.6 Å². The highest BCUT2D eigenvalue weighted by atomic mass is 32.1. The Labute approximate surface area is 151 Å². The molecule has 0 fully saturated rings. The Balaban J connectivity index is 2.29. The minimum absolute atomic E-state index is 0.00942. The van der Waals surface area contributed by atoms with Gasteiger partial charge in [0.05, 0.1) is 16.6 Å². The molecule has 1 atom stereocenters. The Kier molecular flexibility index (Phi) is 5.79. The third-order valence-electron chi connectivity index (χ3n) is 3.35. The van der Waals surface area contributed by atoms with Gasteiger partial charge in [-0.1, -0.05) is 6.07 Å². The van der Waals surface area contributed by atoms with E-state index in [9.17, 15) is 9.59 Å². The summed E-state index contributed by atoms with van der Waals surface area (Å²) in [5.41, 5.74) is 1.77. The van der Waals surface area contributed by atoms with E-state index in [2.05, 4.69) is 27.9 Å². The molecule has 0 bridgehead atoms. The topological polar surface area (TPSA) is 91.7 Å². The predicted octanol–water partition coefficient (Wildman–Crippen LogP) is 2.57. The first-order chi connectivity index (χ1) is 11.7. The van der Waals surface area contributed by atoms with E-state index in [0.717, 1.165) is 16.5 Å². The summed E-state index contributed by atoms with van der Waals surface area (Å²) >= 11 is 3.94. The van der Waals surface area contributed by atoms with Crippen molar-refractivity contribution in [1.82, 2.24) is 10.3 Å². The van der Waals surface area contributed by atoms with Crippen molar-refractivity contribution in [2.75, 3.05) is 5.75 Å². The number of hydrogen-bond donors (Lipinski definition) is 3. The van der Waals surface area contributed by atoms with Crippen LogP contribution in [0.15, 0.2) is 35.5 Å². The van der Waals surface area contributed by atoms with Gasteiger partial charge in [-0.25, -0.2) is 4.79 Å². The number of rotatable bonds is 5. The summed E-state index contributed by atoms with van der Waals surface area (Å²) in [5, 5.41) is 12.2. The molecule has 1 unspecified atom stereocenters. The number of nitrogens with zero attached hydrogens (tertiary/aromatic N) is 2. The van der Waals surface area contributed by atoms with Gasteiger partial charge in [0.25, 0.3) is 5.91 Å². The lowest BCUT2D eigenvalue weighted by Gasteiger charge is -2.12. The highest BCUT2D eigenvalue weighted by Crippen LogP contribution is 2.16. The standard InChI is InChI=1S/C18H21N3O3S/c1-18(2,3)20-8-11-4-5-14-12(6-11)7-13(9-19-14)16(22)21-15(10-25)17(23)24/h4-9,15,25H,10H2,1-3H3,(H,21,22)(H,23,24)/b20-8-. The second-order valence-electron chi connectivity index (χ2n) is 6.65. The van der Waals surface area contributed by atoms with Crippen LogP contribution in [0.3, 0.4) is 0 Å². The molecule has 1 aromatic heterocycles. The fourth-order valence-corrected chi connectivity index (χ4v) is 2.30. The molecule has 1 amide bonds. The third-order valence-corrected chi connectivity index (χ3v) is 3.72. The lowest BCUT2D eigenvalue weighted by molar-refractivity contribution is -0.138. The Morgan fingerprint density at radius 2 is 2.08 bits per heavy atom. The van der Waals surface area contributed by atoms with Crippen LogP contribution in [-0.2, 0) is 4.79 Å². The van der Waals surface area contributed by atoms with E-state index in [1.807, 2.05) is 39.0 Å². The molecule has 132 valence electrons. The number of aromatic nitrogens is 1. The molecular weight excluding hydrogens is 338 g/mol. The fourth-order valence-electron chi connectivity index (χ4n) is 2.05. The molecule has 0 aliphatic heterocycles. The molecule has 2 N–H and O–H groups in total. The number of carbonyl (C=O) groups is 2. The maximum absolute atomic E-state index is 12.2. The van der Waals surface area contributed by atoms with Crippen LogP contribution < -0.4 is 5.32 Å². The molecule has 2 aromatic rings. The number of carboxylic acid groups (broad SMARTS) is 1. The average Bonchev–Trinajstić information content (AvgIpc) is 2.55. The van der Waals surface area contributed by atoms with Gasteiger partial charge in [-0.15, -0.1) is 0 Å². The quantitative estimate of drug-likeness (QED) is 0.565.